The van der Waals surface area contributed by atoms with E-state index < -0.39 is 10.0 Å². The van der Waals surface area contributed by atoms with Crippen molar-refractivity contribution in [3.8, 4) is 0 Å². The van der Waals surface area contributed by atoms with Crippen molar-refractivity contribution in [1.29, 1.82) is 0 Å². The molecule has 0 bridgehead atoms. The van der Waals surface area contributed by atoms with E-state index in [4.69, 9.17) is 5.14 Å². The first kappa shape index (κ1) is 14.7. The molecule has 0 aliphatic rings. The van der Waals surface area contributed by atoms with Crippen LogP contribution in [0.25, 0.3) is 0 Å². The van der Waals surface area contributed by atoms with Gasteiger partial charge in [-0.3, -0.25) is 0 Å². The van der Waals surface area contributed by atoms with Gasteiger partial charge in [0.25, 0.3) is 10.0 Å². The third-order valence-corrected chi connectivity index (χ3v) is 4.07. The average Bonchev–Trinajstić information content (AvgIpc) is 2.77. The van der Waals surface area contributed by atoms with E-state index >= 15 is 0 Å². The summed E-state index contributed by atoms with van der Waals surface area (Å²) in [5.41, 5.74) is 3.50. The van der Waals surface area contributed by atoms with Crippen molar-refractivity contribution in [2.24, 2.45) is 5.14 Å². The molecule has 0 atom stereocenters. The van der Waals surface area contributed by atoms with Crippen LogP contribution in [0.2, 0.25) is 0 Å². The van der Waals surface area contributed by atoms with Gasteiger partial charge in [-0.05, 0) is 25.0 Å². The lowest BCUT2D eigenvalue weighted by Gasteiger charge is -2.10. The summed E-state index contributed by atoms with van der Waals surface area (Å²) < 4.78 is 24.6. The molecule has 1 aromatic heterocycles. The van der Waals surface area contributed by atoms with Crippen LogP contribution in [0.5, 0.6) is 0 Å². The van der Waals surface area contributed by atoms with Crippen molar-refractivity contribution in [2.75, 3.05) is 0 Å². The van der Waals surface area contributed by atoms with E-state index in [1.54, 1.807) is 0 Å². The van der Waals surface area contributed by atoms with Gasteiger partial charge in [0.05, 0.1) is 0 Å². The molecule has 0 amide bonds. The van der Waals surface area contributed by atoms with Crippen LogP contribution in [-0.4, -0.2) is 18.0 Å². The maximum Gasteiger partial charge on any atom is 0.257 e. The number of primary sulfonamides is 1. The van der Waals surface area contributed by atoms with Crippen molar-refractivity contribution in [2.45, 2.75) is 38.8 Å². The molecule has 0 fully saturated rings. The molecular formula is C14H19N3O2S. The number of aromatic nitrogens is 2. The number of rotatable bonds is 4. The fraction of sp³-hybridized carbons (Fsp3) is 0.357. The minimum Gasteiger partial charge on any atom is -0.329 e. The fourth-order valence-electron chi connectivity index (χ4n) is 2.14. The highest BCUT2D eigenvalue weighted by atomic mass is 32.2. The van der Waals surface area contributed by atoms with Gasteiger partial charge < -0.3 is 4.57 Å². The molecular weight excluding hydrogens is 274 g/mol. The van der Waals surface area contributed by atoms with E-state index in [2.05, 4.69) is 23.2 Å². The molecule has 0 saturated carbocycles. The Labute approximate surface area is 119 Å². The molecule has 5 nitrogen and oxygen atoms in total. The first-order valence-corrected chi connectivity index (χ1v) is 8.01. The molecule has 1 heterocycles. The molecule has 108 valence electrons. The van der Waals surface area contributed by atoms with Crippen molar-refractivity contribution >= 4 is 10.0 Å². The molecule has 0 saturated heterocycles. The van der Waals surface area contributed by atoms with Crippen LogP contribution in [0, 0.1) is 13.8 Å². The number of nitrogens with zero attached hydrogens (tertiary/aromatic N) is 2. The highest BCUT2D eigenvalue weighted by molar-refractivity contribution is 7.89. The molecule has 6 heteroatoms. The zero-order valence-electron chi connectivity index (χ0n) is 11.9. The Morgan fingerprint density at radius 2 is 2.00 bits per heavy atom. The van der Waals surface area contributed by atoms with Crippen LogP contribution in [-0.2, 0) is 23.0 Å². The first-order chi connectivity index (χ1) is 9.31. The van der Waals surface area contributed by atoms with Crippen LogP contribution in [0.1, 0.15) is 29.4 Å². The lowest BCUT2D eigenvalue weighted by Crippen LogP contribution is -2.12. The summed E-state index contributed by atoms with van der Waals surface area (Å²) >= 11 is 0. The molecule has 20 heavy (non-hydrogen) atoms. The highest BCUT2D eigenvalue weighted by Crippen LogP contribution is 2.16. The summed E-state index contributed by atoms with van der Waals surface area (Å²) in [6, 6.07) is 6.22. The molecule has 2 N–H and O–H groups in total. The second-order valence-electron chi connectivity index (χ2n) is 4.95. The topological polar surface area (TPSA) is 78.0 Å². The number of hydrogen-bond acceptors (Lipinski definition) is 3. The molecule has 2 rings (SSSR count). The maximum atomic E-state index is 11.4. The predicted molar refractivity (Wildman–Crippen MR) is 78.0 cm³/mol. The van der Waals surface area contributed by atoms with Gasteiger partial charge in [-0.1, -0.05) is 30.7 Å². The Balaban J connectivity index is 2.43. The quantitative estimate of drug-likeness (QED) is 0.933. The van der Waals surface area contributed by atoms with Crippen LogP contribution in [0.15, 0.2) is 29.4 Å². The van der Waals surface area contributed by atoms with Crippen molar-refractivity contribution in [1.82, 2.24) is 9.55 Å². The van der Waals surface area contributed by atoms with Crippen molar-refractivity contribution < 1.29 is 8.42 Å². The smallest absolute Gasteiger partial charge is 0.257 e. The lowest BCUT2D eigenvalue weighted by atomic mass is 10.1. The number of nitrogens with two attached hydrogens (primary N) is 1. The second-order valence-corrected chi connectivity index (χ2v) is 6.46. The minimum absolute atomic E-state index is 0.0698. The predicted octanol–water partition coefficient (Wildman–Crippen LogP) is 1.76. The third kappa shape index (κ3) is 3.08. The summed E-state index contributed by atoms with van der Waals surface area (Å²) in [5, 5.41) is 5.07. The van der Waals surface area contributed by atoms with Gasteiger partial charge in [0, 0.05) is 19.2 Å². The summed E-state index contributed by atoms with van der Waals surface area (Å²) in [4.78, 5) is 4.10. The van der Waals surface area contributed by atoms with Crippen LogP contribution in [0.4, 0.5) is 0 Å². The van der Waals surface area contributed by atoms with E-state index in [9.17, 15) is 8.42 Å². The summed E-state index contributed by atoms with van der Waals surface area (Å²) in [7, 11) is -3.76. The van der Waals surface area contributed by atoms with Crippen LogP contribution in [0.3, 0.4) is 0 Å². The van der Waals surface area contributed by atoms with Gasteiger partial charge in [0.2, 0.25) is 0 Å². The summed E-state index contributed by atoms with van der Waals surface area (Å²) in [6.07, 6.45) is 2.16. The zero-order valence-corrected chi connectivity index (χ0v) is 12.7. The molecule has 2 aromatic rings. The third-order valence-electron chi connectivity index (χ3n) is 3.29. The number of hydrogen-bond donors (Lipinski definition) is 1. The SMILES string of the molecule is CCc1nc(S(N)(=O)=O)cn1Cc1cc(C)ccc1C. The van der Waals surface area contributed by atoms with Gasteiger partial charge in [-0.25, -0.2) is 18.5 Å². The van der Waals surface area contributed by atoms with Gasteiger partial charge in [0.15, 0.2) is 5.03 Å². The maximum absolute atomic E-state index is 11.4. The fourth-order valence-corrected chi connectivity index (χ4v) is 2.65. The zero-order chi connectivity index (χ0) is 14.9. The Bertz CT molecular complexity index is 733. The van der Waals surface area contributed by atoms with Gasteiger partial charge in [-0.15, -0.1) is 0 Å². The van der Waals surface area contributed by atoms with E-state index in [1.165, 1.54) is 17.3 Å². The monoisotopic (exact) mass is 293 g/mol. The van der Waals surface area contributed by atoms with Crippen molar-refractivity contribution in [3.63, 3.8) is 0 Å². The van der Waals surface area contributed by atoms with Crippen LogP contribution >= 0.6 is 0 Å². The Kier molecular flexibility index (Phi) is 3.96. The molecule has 0 unspecified atom stereocenters. The number of aryl methyl sites for hydroxylation is 3. The van der Waals surface area contributed by atoms with Gasteiger partial charge in [0.1, 0.15) is 5.82 Å². The summed E-state index contributed by atoms with van der Waals surface area (Å²) in [6.45, 7) is 6.61. The normalized spacial score (nSPS) is 11.8. The largest absolute Gasteiger partial charge is 0.329 e. The lowest BCUT2D eigenvalue weighted by molar-refractivity contribution is 0.594. The molecule has 1 aromatic carbocycles. The Hall–Kier alpha value is -1.66. The molecule has 0 aliphatic heterocycles. The van der Waals surface area contributed by atoms with E-state index in [-0.39, 0.29) is 5.03 Å². The van der Waals surface area contributed by atoms with Gasteiger partial charge in [-0.2, -0.15) is 0 Å². The highest BCUT2D eigenvalue weighted by Gasteiger charge is 2.16. The van der Waals surface area contributed by atoms with Gasteiger partial charge >= 0.3 is 0 Å². The minimum atomic E-state index is -3.76. The van der Waals surface area contributed by atoms with Crippen molar-refractivity contribution in [3.05, 3.63) is 46.9 Å². The molecule has 0 radical (unpaired) electrons. The Morgan fingerprint density at radius 1 is 1.30 bits per heavy atom. The molecule has 0 spiro atoms. The first-order valence-electron chi connectivity index (χ1n) is 6.46. The van der Waals surface area contributed by atoms with E-state index in [0.717, 1.165) is 11.4 Å². The van der Waals surface area contributed by atoms with E-state index in [1.807, 2.05) is 25.3 Å². The van der Waals surface area contributed by atoms with E-state index in [0.29, 0.717) is 13.0 Å². The Morgan fingerprint density at radius 3 is 2.60 bits per heavy atom. The number of benzene rings is 1. The second kappa shape index (κ2) is 5.38. The average molecular weight is 293 g/mol. The summed E-state index contributed by atoms with van der Waals surface area (Å²) in [5.74, 6) is 0.718. The molecule has 0 aliphatic carbocycles. The number of sulfonamides is 1. The standard InChI is InChI=1S/C14H19N3O2S/c1-4-13-16-14(20(15,18)19)9-17(13)8-12-7-10(2)5-6-11(12)3/h5-7,9H,4,8H2,1-3H3,(H2,15,18,19). The van der Waals surface area contributed by atoms with Crippen LogP contribution < -0.4 is 5.14 Å². The number of imidazole rings is 1.